The largest absolute Gasteiger partial charge is 0.465 e. The van der Waals surface area contributed by atoms with E-state index in [0.29, 0.717) is 22.9 Å². The fraction of sp³-hybridized carbons (Fsp3) is 0.222. The molecule has 8 heteroatoms. The molecule has 132 valence electrons. The van der Waals surface area contributed by atoms with E-state index in [9.17, 15) is 14.7 Å². The molecule has 0 spiro atoms. The van der Waals surface area contributed by atoms with Crippen LogP contribution < -0.4 is 4.90 Å². The van der Waals surface area contributed by atoms with Gasteiger partial charge >= 0.3 is 6.09 Å². The second kappa shape index (κ2) is 6.80. The van der Waals surface area contributed by atoms with Crippen molar-refractivity contribution >= 4 is 35.6 Å². The summed E-state index contributed by atoms with van der Waals surface area (Å²) in [5.41, 5.74) is 1.74. The number of carbonyl (C=O) groups excluding carboxylic acids is 1. The van der Waals surface area contributed by atoms with Crippen LogP contribution in [-0.4, -0.2) is 38.1 Å². The zero-order valence-electron chi connectivity index (χ0n) is 13.7. The first-order valence-electron chi connectivity index (χ1n) is 8.16. The van der Waals surface area contributed by atoms with Crippen LogP contribution in [0.3, 0.4) is 0 Å². The number of amides is 1. The topological polar surface area (TPSA) is 87.8 Å². The Hall–Kier alpha value is -2.87. The van der Waals surface area contributed by atoms with Gasteiger partial charge in [0.05, 0.1) is 12.2 Å². The first kappa shape index (κ1) is 16.6. The maximum Gasteiger partial charge on any atom is 0.413 e. The van der Waals surface area contributed by atoms with Crippen molar-refractivity contribution in [3.8, 4) is 0 Å². The van der Waals surface area contributed by atoms with Crippen molar-refractivity contribution in [2.45, 2.75) is 23.2 Å². The lowest BCUT2D eigenvalue weighted by Gasteiger charge is -2.20. The third kappa shape index (κ3) is 3.15. The number of carbonyl (C=O) groups is 2. The van der Waals surface area contributed by atoms with Crippen molar-refractivity contribution in [2.24, 2.45) is 5.92 Å². The Morgan fingerprint density at radius 2 is 2.15 bits per heavy atom. The molecule has 4 rings (SSSR count). The quantitative estimate of drug-likeness (QED) is 0.409. The zero-order valence-corrected chi connectivity index (χ0v) is 14.5. The van der Waals surface area contributed by atoms with Gasteiger partial charge in [-0.1, -0.05) is 30.3 Å². The lowest BCUT2D eigenvalue weighted by molar-refractivity contribution is -0.108. The van der Waals surface area contributed by atoms with E-state index in [4.69, 9.17) is 0 Å². The second-order valence-electron chi connectivity index (χ2n) is 6.08. The van der Waals surface area contributed by atoms with Gasteiger partial charge in [0, 0.05) is 23.8 Å². The van der Waals surface area contributed by atoms with Crippen LogP contribution >= 0.6 is 11.8 Å². The molecular formula is C18H16N4O3S. The van der Waals surface area contributed by atoms with Gasteiger partial charge in [0.25, 0.3) is 0 Å². The van der Waals surface area contributed by atoms with Crippen LogP contribution in [0.5, 0.6) is 0 Å². The Kier molecular flexibility index (Phi) is 4.34. The highest BCUT2D eigenvalue weighted by molar-refractivity contribution is 7.98. The van der Waals surface area contributed by atoms with E-state index in [2.05, 4.69) is 10.1 Å². The van der Waals surface area contributed by atoms with Gasteiger partial charge in [-0.05, 0) is 12.0 Å². The number of benzene rings is 1. The van der Waals surface area contributed by atoms with Crippen LogP contribution in [0.2, 0.25) is 0 Å². The molecule has 2 atom stereocenters. The maximum absolute atomic E-state index is 11.8. The minimum atomic E-state index is -1.10. The Labute approximate surface area is 153 Å². The molecule has 2 unspecified atom stereocenters. The highest BCUT2D eigenvalue weighted by atomic mass is 32.2. The number of carboxylic acid groups (broad SMARTS) is 1. The molecule has 0 bridgehead atoms. The molecule has 3 aromatic rings. The number of aldehydes is 1. The van der Waals surface area contributed by atoms with Crippen molar-refractivity contribution < 1.29 is 14.7 Å². The summed E-state index contributed by atoms with van der Waals surface area (Å²) in [4.78, 5) is 28.6. The lowest BCUT2D eigenvalue weighted by atomic mass is 10.2. The van der Waals surface area contributed by atoms with Crippen LogP contribution in [0.1, 0.15) is 12.0 Å². The molecule has 1 fully saturated rings. The third-order valence-electron chi connectivity index (χ3n) is 4.31. The van der Waals surface area contributed by atoms with E-state index in [-0.39, 0.29) is 12.0 Å². The molecule has 7 nitrogen and oxygen atoms in total. The fourth-order valence-electron chi connectivity index (χ4n) is 2.90. The minimum Gasteiger partial charge on any atom is -0.465 e. The van der Waals surface area contributed by atoms with Gasteiger partial charge in [-0.15, -0.1) is 11.8 Å². The molecule has 1 aliphatic carbocycles. The molecule has 26 heavy (non-hydrogen) atoms. The van der Waals surface area contributed by atoms with Crippen LogP contribution in [0.25, 0.3) is 5.65 Å². The Balaban J connectivity index is 1.68. The van der Waals surface area contributed by atoms with Gasteiger partial charge in [-0.2, -0.15) is 9.61 Å². The molecule has 1 aliphatic rings. The summed E-state index contributed by atoms with van der Waals surface area (Å²) in [6.07, 6.45) is 1.84. The molecule has 1 aromatic carbocycles. The predicted molar refractivity (Wildman–Crippen MR) is 97.5 cm³/mol. The average molecular weight is 368 g/mol. The molecule has 0 radical (unpaired) electrons. The molecule has 0 aliphatic heterocycles. The van der Waals surface area contributed by atoms with Crippen molar-refractivity contribution in [3.05, 3.63) is 54.2 Å². The monoisotopic (exact) mass is 368 g/mol. The highest BCUT2D eigenvalue weighted by Gasteiger charge is 2.45. The van der Waals surface area contributed by atoms with Gasteiger partial charge in [-0.3, -0.25) is 4.90 Å². The van der Waals surface area contributed by atoms with Crippen LogP contribution in [0.15, 0.2) is 53.7 Å². The minimum absolute atomic E-state index is 0.259. The molecule has 0 saturated heterocycles. The van der Waals surface area contributed by atoms with Crippen LogP contribution in [0, 0.1) is 5.92 Å². The Bertz CT molecular complexity index is 959. The predicted octanol–water partition coefficient (Wildman–Crippen LogP) is 3.09. The van der Waals surface area contributed by atoms with E-state index < -0.39 is 6.09 Å². The third-order valence-corrected chi connectivity index (χ3v) is 5.29. The van der Waals surface area contributed by atoms with Crippen LogP contribution in [0.4, 0.5) is 10.6 Å². The first-order chi connectivity index (χ1) is 12.7. The lowest BCUT2D eigenvalue weighted by Crippen LogP contribution is -2.34. The van der Waals surface area contributed by atoms with Crippen molar-refractivity contribution in [2.75, 3.05) is 4.90 Å². The number of hydrogen-bond donors (Lipinski definition) is 1. The summed E-state index contributed by atoms with van der Waals surface area (Å²) in [5.74, 6) is 0.883. The van der Waals surface area contributed by atoms with E-state index in [1.54, 1.807) is 18.3 Å². The normalized spacial score (nSPS) is 18.6. The second-order valence-corrected chi connectivity index (χ2v) is 7.08. The summed E-state index contributed by atoms with van der Waals surface area (Å²) in [6.45, 7) is 0. The van der Waals surface area contributed by atoms with Crippen molar-refractivity contribution in [3.63, 3.8) is 0 Å². The smallest absolute Gasteiger partial charge is 0.413 e. The summed E-state index contributed by atoms with van der Waals surface area (Å²) < 4.78 is 1.50. The van der Waals surface area contributed by atoms with E-state index in [0.717, 1.165) is 17.6 Å². The zero-order chi connectivity index (χ0) is 18.1. The van der Waals surface area contributed by atoms with E-state index in [1.165, 1.54) is 21.2 Å². The molecular weight excluding hydrogens is 352 g/mol. The molecule has 2 heterocycles. The number of fused-ring (bicyclic) bond motifs is 1. The van der Waals surface area contributed by atoms with Crippen LogP contribution in [-0.2, 0) is 10.5 Å². The van der Waals surface area contributed by atoms with Gasteiger partial charge in [0.15, 0.2) is 5.65 Å². The SMILES string of the molecule is O=CC1CC1N(C(=O)O)c1cc(SCc2ccccc2)nc2ccnn12. The molecule has 1 saturated carbocycles. The highest BCUT2D eigenvalue weighted by Crippen LogP contribution is 2.38. The number of aromatic nitrogens is 3. The van der Waals surface area contributed by atoms with E-state index in [1.807, 2.05) is 30.3 Å². The van der Waals surface area contributed by atoms with Crippen molar-refractivity contribution in [1.82, 2.24) is 14.6 Å². The summed E-state index contributed by atoms with van der Waals surface area (Å²) in [6, 6.07) is 13.1. The first-order valence-corrected chi connectivity index (χ1v) is 9.15. The molecule has 1 N–H and O–H groups in total. The number of thioether (sulfide) groups is 1. The summed E-state index contributed by atoms with van der Waals surface area (Å²) in [7, 11) is 0. The summed E-state index contributed by atoms with van der Waals surface area (Å²) in [5, 5.41) is 14.6. The number of hydrogen-bond acceptors (Lipinski definition) is 5. The van der Waals surface area contributed by atoms with Gasteiger partial charge in [-0.25, -0.2) is 9.78 Å². The number of rotatable bonds is 6. The maximum atomic E-state index is 11.8. The van der Waals surface area contributed by atoms with Gasteiger partial charge < -0.3 is 9.90 Å². The van der Waals surface area contributed by atoms with Gasteiger partial charge in [0.1, 0.15) is 17.1 Å². The summed E-state index contributed by atoms with van der Waals surface area (Å²) >= 11 is 1.53. The average Bonchev–Trinajstić information content (AvgIpc) is 3.25. The Morgan fingerprint density at radius 3 is 2.85 bits per heavy atom. The number of nitrogens with zero attached hydrogens (tertiary/aromatic N) is 4. The molecule has 2 aromatic heterocycles. The standard InChI is InChI=1S/C18H16N4O3S/c23-10-13-8-14(13)21(18(24)25)17-9-16(20-15-6-7-19-22(15)17)26-11-12-4-2-1-3-5-12/h1-7,9-10,13-14H,8,11H2,(H,24,25). The van der Waals surface area contributed by atoms with E-state index >= 15 is 0 Å². The number of anilines is 1. The van der Waals surface area contributed by atoms with Crippen molar-refractivity contribution in [1.29, 1.82) is 0 Å². The molecule has 1 amide bonds. The fourth-order valence-corrected chi connectivity index (χ4v) is 3.76. The Morgan fingerprint density at radius 1 is 1.35 bits per heavy atom. The van der Waals surface area contributed by atoms with Gasteiger partial charge in [0.2, 0.25) is 0 Å².